The number of aliphatic hydroxyl groups is 1. The fraction of sp³-hybridized carbons (Fsp3) is 0.258. The lowest BCUT2D eigenvalue weighted by Gasteiger charge is -2.47. The summed E-state index contributed by atoms with van der Waals surface area (Å²) in [5.74, 6) is -0.581. The topological polar surface area (TPSA) is 83.5 Å². The van der Waals surface area contributed by atoms with Crippen molar-refractivity contribution in [3.63, 3.8) is 0 Å². The maximum Gasteiger partial charge on any atom is 0.338 e. The van der Waals surface area contributed by atoms with Crippen molar-refractivity contribution >= 4 is 16.7 Å². The number of benzene rings is 4. The van der Waals surface area contributed by atoms with E-state index in [0.29, 0.717) is 5.56 Å². The van der Waals surface area contributed by atoms with Crippen LogP contribution in [0.15, 0.2) is 103 Å². The third kappa shape index (κ3) is 5.20. The van der Waals surface area contributed by atoms with E-state index in [2.05, 4.69) is 12.1 Å². The van der Waals surface area contributed by atoms with Crippen LogP contribution >= 0.6 is 0 Å². The highest BCUT2D eigenvalue weighted by atomic mass is 16.7. The van der Waals surface area contributed by atoms with Crippen molar-refractivity contribution in [1.29, 1.82) is 0 Å². The number of fused-ring (bicyclic) bond motifs is 2. The maximum absolute atomic E-state index is 13.0. The van der Waals surface area contributed by atoms with E-state index in [1.54, 1.807) is 24.3 Å². The first kappa shape index (κ1) is 24.7. The van der Waals surface area contributed by atoms with Gasteiger partial charge >= 0.3 is 5.97 Å². The summed E-state index contributed by atoms with van der Waals surface area (Å²) >= 11 is 0. The van der Waals surface area contributed by atoms with Gasteiger partial charge in [0.2, 0.25) is 0 Å². The van der Waals surface area contributed by atoms with E-state index in [1.165, 1.54) is 0 Å². The van der Waals surface area contributed by atoms with Gasteiger partial charge in [0.25, 0.3) is 0 Å². The average molecular weight is 513 g/mol. The Morgan fingerprint density at radius 1 is 0.816 bits per heavy atom. The van der Waals surface area contributed by atoms with Crippen LogP contribution in [0.2, 0.25) is 0 Å². The Hall–Kier alpha value is -3.59. The van der Waals surface area contributed by atoms with Crippen LogP contribution in [0.1, 0.15) is 27.8 Å². The molecule has 0 aromatic heterocycles. The summed E-state index contributed by atoms with van der Waals surface area (Å²) < 4.78 is 30.2. The molecule has 2 saturated heterocycles. The molecule has 0 amide bonds. The van der Waals surface area contributed by atoms with E-state index in [0.717, 1.165) is 21.9 Å². The van der Waals surface area contributed by atoms with Gasteiger partial charge in [0, 0.05) is 5.56 Å². The third-order valence-electron chi connectivity index (χ3n) is 6.88. The van der Waals surface area contributed by atoms with Gasteiger partial charge in [-0.05, 0) is 34.5 Å². The number of carbonyl (C=O) groups is 1. The van der Waals surface area contributed by atoms with Gasteiger partial charge in [-0.15, -0.1) is 0 Å². The summed E-state index contributed by atoms with van der Waals surface area (Å²) in [6.07, 6.45) is -5.22. The van der Waals surface area contributed by atoms with Gasteiger partial charge in [0.15, 0.2) is 18.7 Å². The van der Waals surface area contributed by atoms with E-state index in [4.69, 9.17) is 23.7 Å². The summed E-state index contributed by atoms with van der Waals surface area (Å²) in [5, 5.41) is 13.1. The summed E-state index contributed by atoms with van der Waals surface area (Å²) in [6.45, 7) is 0.418. The van der Waals surface area contributed by atoms with Gasteiger partial charge < -0.3 is 28.8 Å². The fourth-order valence-electron chi connectivity index (χ4n) is 4.94. The minimum absolute atomic E-state index is 0.191. The molecule has 2 aliphatic rings. The molecule has 2 unspecified atom stereocenters. The van der Waals surface area contributed by atoms with Crippen molar-refractivity contribution in [1.82, 2.24) is 0 Å². The predicted octanol–water partition coefficient (Wildman–Crippen LogP) is 4.78. The van der Waals surface area contributed by atoms with Crippen LogP contribution in [-0.2, 0) is 30.3 Å². The third-order valence-corrected chi connectivity index (χ3v) is 6.88. The number of hydrogen-bond donors (Lipinski definition) is 1. The Morgan fingerprint density at radius 2 is 1.53 bits per heavy atom. The smallest absolute Gasteiger partial charge is 0.338 e. The molecule has 2 aliphatic heterocycles. The minimum Gasteiger partial charge on any atom is -0.450 e. The van der Waals surface area contributed by atoms with Crippen molar-refractivity contribution in [2.75, 3.05) is 6.61 Å². The number of esters is 1. The molecule has 4 aromatic carbocycles. The largest absolute Gasteiger partial charge is 0.450 e. The van der Waals surface area contributed by atoms with Crippen LogP contribution in [0.4, 0.5) is 0 Å². The highest BCUT2D eigenvalue weighted by Crippen LogP contribution is 2.36. The molecule has 1 N–H and O–H groups in total. The zero-order valence-corrected chi connectivity index (χ0v) is 20.6. The standard InChI is InChI=1S/C31H28O7/c32-29(22-10-3-1-4-11-22)37-28-27(34-18-20-15-16-21-9-7-8-14-24(21)17-20)26-25(36-30(28)33)19-35-31(38-26)23-12-5-2-6-13-23/h1-17,25-28,30-31,33H,18-19H2/t25-,26-,27+,28-,30?,31?/m1/s1. The molecule has 2 heterocycles. The van der Waals surface area contributed by atoms with Gasteiger partial charge in [-0.2, -0.15) is 0 Å². The highest BCUT2D eigenvalue weighted by molar-refractivity contribution is 5.89. The molecule has 0 radical (unpaired) electrons. The molecule has 4 aromatic rings. The minimum atomic E-state index is -1.41. The molecular formula is C31H28O7. The van der Waals surface area contributed by atoms with Gasteiger partial charge in [0.05, 0.1) is 18.8 Å². The van der Waals surface area contributed by atoms with E-state index in [1.807, 2.05) is 66.7 Å². The second-order valence-electron chi connectivity index (χ2n) is 9.43. The van der Waals surface area contributed by atoms with Gasteiger partial charge in [-0.25, -0.2) is 4.79 Å². The molecule has 6 atom stereocenters. The summed E-state index contributed by atoms with van der Waals surface area (Å²) in [6, 6.07) is 32.4. The van der Waals surface area contributed by atoms with Crippen LogP contribution in [0.25, 0.3) is 10.8 Å². The molecule has 7 heteroatoms. The normalized spacial score (nSPS) is 27.0. The zero-order chi connectivity index (χ0) is 25.9. The molecular weight excluding hydrogens is 484 g/mol. The molecule has 194 valence electrons. The Labute approximate surface area is 220 Å². The number of hydrogen-bond acceptors (Lipinski definition) is 7. The number of carbonyl (C=O) groups excluding carboxylic acids is 1. The quantitative estimate of drug-likeness (QED) is 0.372. The van der Waals surface area contributed by atoms with E-state index in [-0.39, 0.29) is 13.2 Å². The Kier molecular flexibility index (Phi) is 7.18. The SMILES string of the molecule is O=C(O[C@H]1C(O)O[C@@H]2COC(c3ccccc3)O[C@H]2[C@@H]1OCc1ccc2ccccc2c1)c1ccccc1. The summed E-state index contributed by atoms with van der Waals surface area (Å²) in [5.41, 5.74) is 2.16. The predicted molar refractivity (Wildman–Crippen MR) is 139 cm³/mol. The van der Waals surface area contributed by atoms with Gasteiger partial charge in [-0.3, -0.25) is 0 Å². The lowest BCUT2D eigenvalue weighted by molar-refractivity contribution is -0.359. The van der Waals surface area contributed by atoms with E-state index < -0.39 is 43.0 Å². The van der Waals surface area contributed by atoms with Gasteiger partial charge in [-0.1, -0.05) is 84.9 Å². The average Bonchev–Trinajstić information content (AvgIpc) is 2.97. The molecule has 7 nitrogen and oxygen atoms in total. The van der Waals surface area contributed by atoms with Crippen molar-refractivity contribution in [3.05, 3.63) is 120 Å². The van der Waals surface area contributed by atoms with Gasteiger partial charge in [0.1, 0.15) is 18.3 Å². The Balaban J connectivity index is 1.27. The van der Waals surface area contributed by atoms with Crippen molar-refractivity contribution in [3.8, 4) is 0 Å². The first-order chi connectivity index (χ1) is 18.7. The van der Waals surface area contributed by atoms with E-state index in [9.17, 15) is 9.90 Å². The molecule has 2 fully saturated rings. The summed E-state index contributed by atoms with van der Waals surface area (Å²) in [7, 11) is 0. The lowest BCUT2D eigenvalue weighted by Crippen LogP contribution is -2.63. The Morgan fingerprint density at radius 3 is 2.32 bits per heavy atom. The monoisotopic (exact) mass is 512 g/mol. The van der Waals surface area contributed by atoms with Crippen molar-refractivity contribution in [2.24, 2.45) is 0 Å². The molecule has 38 heavy (non-hydrogen) atoms. The molecule has 0 saturated carbocycles. The molecule has 0 aliphatic carbocycles. The van der Waals surface area contributed by atoms with Crippen LogP contribution in [-0.4, -0.2) is 48.4 Å². The number of rotatable bonds is 6. The maximum atomic E-state index is 13.0. The number of ether oxygens (including phenoxy) is 5. The lowest BCUT2D eigenvalue weighted by atomic mass is 9.97. The second-order valence-corrected chi connectivity index (χ2v) is 9.43. The van der Waals surface area contributed by atoms with Crippen LogP contribution in [0.3, 0.4) is 0 Å². The fourth-order valence-corrected chi connectivity index (χ4v) is 4.94. The molecule has 0 bridgehead atoms. The van der Waals surface area contributed by atoms with E-state index >= 15 is 0 Å². The van der Waals surface area contributed by atoms with Crippen LogP contribution in [0.5, 0.6) is 0 Å². The highest BCUT2D eigenvalue weighted by Gasteiger charge is 2.52. The molecule has 0 spiro atoms. The summed E-state index contributed by atoms with van der Waals surface area (Å²) in [4.78, 5) is 13.0. The first-order valence-corrected chi connectivity index (χ1v) is 12.7. The van der Waals surface area contributed by atoms with Crippen LogP contribution in [0, 0.1) is 0 Å². The number of aliphatic hydroxyl groups excluding tert-OH is 1. The Bertz CT molecular complexity index is 1380. The first-order valence-electron chi connectivity index (χ1n) is 12.7. The van der Waals surface area contributed by atoms with Crippen molar-refractivity contribution < 1.29 is 33.6 Å². The zero-order valence-electron chi connectivity index (χ0n) is 20.6. The second kappa shape index (κ2) is 11.0. The van der Waals surface area contributed by atoms with Crippen LogP contribution < -0.4 is 0 Å². The van der Waals surface area contributed by atoms with Crippen molar-refractivity contribution in [2.45, 2.75) is 43.6 Å². The molecule has 6 rings (SSSR count).